The first kappa shape index (κ1) is 21.7. The SMILES string of the molecule is CCOC(=O)[C@]1(C/C=C/c2ccccc2)CN(C(=O)OC(C)(C)C)CCC1=O. The molecule has 0 bridgehead atoms. The Balaban J connectivity index is 2.25. The van der Waals surface area contributed by atoms with E-state index in [2.05, 4.69) is 0 Å². The molecule has 1 saturated heterocycles. The van der Waals surface area contributed by atoms with E-state index >= 15 is 0 Å². The zero-order valence-electron chi connectivity index (χ0n) is 17.1. The Kier molecular flexibility index (Phi) is 7.00. The van der Waals surface area contributed by atoms with Crippen molar-refractivity contribution in [1.29, 1.82) is 0 Å². The summed E-state index contributed by atoms with van der Waals surface area (Å²) < 4.78 is 10.6. The van der Waals surface area contributed by atoms with Crippen molar-refractivity contribution in [2.75, 3.05) is 19.7 Å². The number of ketones is 1. The minimum Gasteiger partial charge on any atom is -0.465 e. The van der Waals surface area contributed by atoms with E-state index in [4.69, 9.17) is 9.47 Å². The van der Waals surface area contributed by atoms with Gasteiger partial charge in [0.25, 0.3) is 0 Å². The van der Waals surface area contributed by atoms with Gasteiger partial charge in [-0.15, -0.1) is 0 Å². The Morgan fingerprint density at radius 3 is 2.50 bits per heavy atom. The van der Waals surface area contributed by atoms with E-state index in [0.717, 1.165) is 5.56 Å². The fourth-order valence-electron chi connectivity index (χ4n) is 3.12. The van der Waals surface area contributed by atoms with Crippen molar-refractivity contribution in [3.8, 4) is 0 Å². The number of benzene rings is 1. The highest BCUT2D eigenvalue weighted by Gasteiger charge is 2.51. The van der Waals surface area contributed by atoms with Gasteiger partial charge in [-0.3, -0.25) is 9.59 Å². The summed E-state index contributed by atoms with van der Waals surface area (Å²) in [5.74, 6) is -0.797. The summed E-state index contributed by atoms with van der Waals surface area (Å²) in [4.78, 5) is 39.5. The summed E-state index contributed by atoms with van der Waals surface area (Å²) in [7, 11) is 0. The van der Waals surface area contributed by atoms with Gasteiger partial charge in [-0.25, -0.2) is 4.79 Å². The van der Waals surface area contributed by atoms with Crippen LogP contribution >= 0.6 is 0 Å². The van der Waals surface area contributed by atoms with Crippen LogP contribution in [-0.4, -0.2) is 48.0 Å². The minimum atomic E-state index is -1.41. The number of hydrogen-bond acceptors (Lipinski definition) is 5. The topological polar surface area (TPSA) is 72.9 Å². The summed E-state index contributed by atoms with van der Waals surface area (Å²) in [5.41, 5.74) is -1.09. The van der Waals surface area contributed by atoms with E-state index in [1.54, 1.807) is 33.8 Å². The summed E-state index contributed by atoms with van der Waals surface area (Å²) in [6.07, 6.45) is 3.39. The first-order chi connectivity index (χ1) is 13.2. The average molecular weight is 387 g/mol. The van der Waals surface area contributed by atoms with E-state index < -0.39 is 23.1 Å². The van der Waals surface area contributed by atoms with Gasteiger partial charge in [0.15, 0.2) is 5.78 Å². The summed E-state index contributed by atoms with van der Waals surface area (Å²) in [6.45, 7) is 7.40. The molecule has 2 rings (SSSR count). The van der Waals surface area contributed by atoms with E-state index in [1.165, 1.54) is 4.90 Å². The van der Waals surface area contributed by atoms with Crippen molar-refractivity contribution >= 4 is 23.9 Å². The van der Waals surface area contributed by atoms with Crippen LogP contribution in [0.3, 0.4) is 0 Å². The third-order valence-corrected chi connectivity index (χ3v) is 4.50. The van der Waals surface area contributed by atoms with E-state index in [0.29, 0.717) is 0 Å². The molecule has 1 aliphatic rings. The molecule has 1 aromatic rings. The predicted molar refractivity (Wildman–Crippen MR) is 107 cm³/mol. The van der Waals surface area contributed by atoms with Gasteiger partial charge in [0.2, 0.25) is 0 Å². The molecule has 1 fully saturated rings. The molecule has 1 aliphatic heterocycles. The van der Waals surface area contributed by atoms with Crippen LogP contribution in [0.15, 0.2) is 36.4 Å². The molecular formula is C22H29NO5. The number of piperidine rings is 1. The lowest BCUT2D eigenvalue weighted by atomic mass is 9.75. The maximum absolute atomic E-state index is 12.8. The number of hydrogen-bond donors (Lipinski definition) is 0. The highest BCUT2D eigenvalue weighted by atomic mass is 16.6. The van der Waals surface area contributed by atoms with Gasteiger partial charge in [-0.05, 0) is 39.7 Å². The Bertz CT molecular complexity index is 735. The van der Waals surface area contributed by atoms with Crippen molar-refractivity contribution in [3.63, 3.8) is 0 Å². The van der Waals surface area contributed by atoms with Gasteiger partial charge < -0.3 is 14.4 Å². The van der Waals surface area contributed by atoms with Crippen LogP contribution in [0.1, 0.15) is 46.1 Å². The third kappa shape index (κ3) is 5.44. The summed E-state index contributed by atoms with van der Waals surface area (Å²) >= 11 is 0. The van der Waals surface area contributed by atoms with Crippen molar-refractivity contribution in [1.82, 2.24) is 4.90 Å². The average Bonchev–Trinajstić information content (AvgIpc) is 2.63. The van der Waals surface area contributed by atoms with Gasteiger partial charge in [-0.1, -0.05) is 42.5 Å². The summed E-state index contributed by atoms with van der Waals surface area (Å²) in [6, 6.07) is 9.61. The Morgan fingerprint density at radius 1 is 1.21 bits per heavy atom. The van der Waals surface area contributed by atoms with Gasteiger partial charge in [-0.2, -0.15) is 0 Å². The molecule has 28 heavy (non-hydrogen) atoms. The molecule has 1 atom stereocenters. The first-order valence-corrected chi connectivity index (χ1v) is 9.58. The molecular weight excluding hydrogens is 358 g/mol. The molecule has 1 amide bonds. The smallest absolute Gasteiger partial charge is 0.410 e. The van der Waals surface area contributed by atoms with Crippen LogP contribution in [0.25, 0.3) is 6.08 Å². The van der Waals surface area contributed by atoms with Gasteiger partial charge in [0.05, 0.1) is 6.61 Å². The summed E-state index contributed by atoms with van der Waals surface area (Å²) in [5, 5.41) is 0. The molecule has 0 N–H and O–H groups in total. The predicted octanol–water partition coefficient (Wildman–Crippen LogP) is 3.85. The zero-order valence-corrected chi connectivity index (χ0v) is 17.1. The molecule has 152 valence electrons. The highest BCUT2D eigenvalue weighted by Crippen LogP contribution is 2.34. The van der Waals surface area contributed by atoms with Crippen molar-refractivity contribution in [3.05, 3.63) is 42.0 Å². The Hall–Kier alpha value is -2.63. The van der Waals surface area contributed by atoms with E-state index in [9.17, 15) is 14.4 Å². The molecule has 6 heteroatoms. The fraction of sp³-hybridized carbons (Fsp3) is 0.500. The number of amides is 1. The molecule has 0 saturated carbocycles. The highest BCUT2D eigenvalue weighted by molar-refractivity contribution is 6.05. The van der Waals surface area contributed by atoms with Gasteiger partial charge in [0.1, 0.15) is 11.0 Å². The molecule has 0 spiro atoms. The van der Waals surface area contributed by atoms with Crippen LogP contribution in [0, 0.1) is 5.41 Å². The second-order valence-electron chi connectivity index (χ2n) is 7.89. The van der Waals surface area contributed by atoms with Crippen molar-refractivity contribution in [2.24, 2.45) is 5.41 Å². The van der Waals surface area contributed by atoms with Gasteiger partial charge in [0, 0.05) is 19.5 Å². The maximum Gasteiger partial charge on any atom is 0.410 e. The number of allylic oxidation sites excluding steroid dienone is 1. The van der Waals surface area contributed by atoms with Crippen molar-refractivity contribution < 1.29 is 23.9 Å². The molecule has 0 aromatic heterocycles. The molecule has 1 aromatic carbocycles. The number of likely N-dealkylation sites (tertiary alicyclic amines) is 1. The number of esters is 1. The number of nitrogens with zero attached hydrogens (tertiary/aromatic N) is 1. The molecule has 0 aliphatic carbocycles. The lowest BCUT2D eigenvalue weighted by Crippen LogP contribution is -2.56. The number of carbonyl (C=O) groups excluding carboxylic acids is 3. The van der Waals surface area contributed by atoms with Crippen LogP contribution in [0.2, 0.25) is 0 Å². The molecule has 0 radical (unpaired) electrons. The largest absolute Gasteiger partial charge is 0.465 e. The molecule has 6 nitrogen and oxygen atoms in total. The number of carbonyl (C=O) groups is 3. The lowest BCUT2D eigenvalue weighted by molar-refractivity contribution is -0.163. The standard InChI is InChI=1S/C22H29NO5/c1-5-27-19(25)22(14-9-12-17-10-7-6-8-11-17)16-23(15-13-18(22)24)20(26)28-21(2,3)4/h6-12H,5,13-16H2,1-4H3/b12-9+/t22-/m1/s1. The third-order valence-electron chi connectivity index (χ3n) is 4.50. The quantitative estimate of drug-likeness (QED) is 0.567. The van der Waals surface area contributed by atoms with Crippen molar-refractivity contribution in [2.45, 2.75) is 46.1 Å². The minimum absolute atomic E-state index is 0.0429. The Labute approximate surface area is 166 Å². The Morgan fingerprint density at radius 2 is 1.89 bits per heavy atom. The maximum atomic E-state index is 12.8. The number of Topliss-reactive ketones (excluding diaryl/α,β-unsaturated/α-hetero) is 1. The number of rotatable bonds is 5. The monoisotopic (exact) mass is 387 g/mol. The van der Waals surface area contributed by atoms with Crippen LogP contribution in [-0.2, 0) is 19.1 Å². The molecule has 1 heterocycles. The van der Waals surface area contributed by atoms with Gasteiger partial charge >= 0.3 is 12.1 Å². The van der Waals surface area contributed by atoms with E-state index in [1.807, 2.05) is 36.4 Å². The second kappa shape index (κ2) is 9.04. The fourth-order valence-corrected chi connectivity index (χ4v) is 3.12. The normalized spacial score (nSPS) is 20.3. The van der Waals surface area contributed by atoms with Crippen LogP contribution in [0.5, 0.6) is 0 Å². The molecule has 0 unspecified atom stereocenters. The number of ether oxygens (including phenoxy) is 2. The van der Waals surface area contributed by atoms with E-state index in [-0.39, 0.29) is 38.3 Å². The first-order valence-electron chi connectivity index (χ1n) is 9.58. The van der Waals surface area contributed by atoms with Crippen LogP contribution < -0.4 is 0 Å². The second-order valence-corrected chi connectivity index (χ2v) is 7.89. The lowest BCUT2D eigenvalue weighted by Gasteiger charge is -2.39. The van der Waals surface area contributed by atoms with Crippen LogP contribution in [0.4, 0.5) is 4.79 Å². The zero-order chi connectivity index (χ0) is 20.8.